The Morgan fingerprint density at radius 2 is 2.30 bits per heavy atom. The van der Waals surface area contributed by atoms with E-state index in [9.17, 15) is 9.59 Å². The van der Waals surface area contributed by atoms with Crippen molar-refractivity contribution in [2.75, 3.05) is 0 Å². The number of rotatable bonds is 2. The smallest absolute Gasteiger partial charge is 0.293 e. The van der Waals surface area contributed by atoms with E-state index in [1.54, 1.807) is 0 Å². The van der Waals surface area contributed by atoms with E-state index in [1.807, 2.05) is 0 Å². The summed E-state index contributed by atoms with van der Waals surface area (Å²) in [4.78, 5) is 20.7. The molecule has 1 unspecified atom stereocenters. The van der Waals surface area contributed by atoms with Crippen LogP contribution in [-0.2, 0) is 14.3 Å². The van der Waals surface area contributed by atoms with Crippen molar-refractivity contribution >= 4 is 12.3 Å². The first-order chi connectivity index (χ1) is 4.84. The van der Waals surface area contributed by atoms with Gasteiger partial charge in [-0.2, -0.15) is 0 Å². The van der Waals surface area contributed by atoms with E-state index in [2.05, 4.69) is 4.74 Å². The van der Waals surface area contributed by atoms with E-state index >= 15 is 0 Å². The summed E-state index contributed by atoms with van der Waals surface area (Å²) in [6.45, 7) is 0.355. The Kier molecular flexibility index (Phi) is 2.42. The van der Waals surface area contributed by atoms with Crippen LogP contribution in [0.15, 0.2) is 0 Å². The summed E-state index contributed by atoms with van der Waals surface area (Å²) in [7, 11) is 0. The molecule has 1 fully saturated rings. The lowest BCUT2D eigenvalue weighted by Crippen LogP contribution is -2.26. The van der Waals surface area contributed by atoms with Crippen LogP contribution in [0.2, 0.25) is 0 Å². The third kappa shape index (κ3) is 1.56. The lowest BCUT2D eigenvalue weighted by atomic mass is 9.96. The summed E-state index contributed by atoms with van der Waals surface area (Å²) in [5.74, 6) is 0.0679. The third-order valence-electron chi connectivity index (χ3n) is 1.72. The van der Waals surface area contributed by atoms with E-state index in [0.29, 0.717) is 19.3 Å². The van der Waals surface area contributed by atoms with Gasteiger partial charge in [-0.25, -0.2) is 0 Å². The van der Waals surface area contributed by atoms with E-state index in [4.69, 9.17) is 0 Å². The van der Waals surface area contributed by atoms with Crippen LogP contribution in [0.4, 0.5) is 0 Å². The van der Waals surface area contributed by atoms with Gasteiger partial charge in [0.2, 0.25) is 0 Å². The molecule has 0 bridgehead atoms. The van der Waals surface area contributed by atoms with E-state index in [1.165, 1.54) is 0 Å². The van der Waals surface area contributed by atoms with Gasteiger partial charge in [0.05, 0.1) is 0 Å². The molecule has 3 nitrogen and oxygen atoms in total. The fraction of sp³-hybridized carbons (Fsp3) is 0.714. The van der Waals surface area contributed by atoms with Gasteiger partial charge in [0, 0.05) is 6.42 Å². The zero-order valence-corrected chi connectivity index (χ0v) is 5.71. The predicted octanol–water partition coefficient (Wildman–Crippen LogP) is 0.671. The first-order valence-electron chi connectivity index (χ1n) is 3.46. The van der Waals surface area contributed by atoms with Crippen LogP contribution in [0, 0.1) is 0 Å². The Morgan fingerprint density at radius 3 is 2.90 bits per heavy atom. The number of hydrogen-bond acceptors (Lipinski definition) is 3. The van der Waals surface area contributed by atoms with Gasteiger partial charge in [0.15, 0.2) is 11.9 Å². The highest BCUT2D eigenvalue weighted by Crippen LogP contribution is 2.16. The predicted molar refractivity (Wildman–Crippen MR) is 34.4 cm³/mol. The monoisotopic (exact) mass is 142 g/mol. The lowest BCUT2D eigenvalue weighted by Gasteiger charge is -2.17. The minimum Gasteiger partial charge on any atom is -0.457 e. The van der Waals surface area contributed by atoms with Crippen LogP contribution < -0.4 is 0 Å². The molecule has 56 valence electrons. The molecule has 0 amide bonds. The molecule has 0 N–H and O–H groups in total. The largest absolute Gasteiger partial charge is 0.457 e. The molecule has 1 saturated carbocycles. The summed E-state index contributed by atoms with van der Waals surface area (Å²) < 4.78 is 4.56. The average molecular weight is 142 g/mol. The molecule has 0 radical (unpaired) electrons. The van der Waals surface area contributed by atoms with Crippen molar-refractivity contribution in [1.29, 1.82) is 0 Å². The fourth-order valence-corrected chi connectivity index (χ4v) is 1.16. The van der Waals surface area contributed by atoms with Gasteiger partial charge in [-0.05, 0) is 19.3 Å². The summed E-state index contributed by atoms with van der Waals surface area (Å²) in [5, 5.41) is 0. The standard InChI is InChI=1S/C7H10O3/c8-5-10-7-4-2-1-3-6(7)9/h5,7H,1-4H2. The fourth-order valence-electron chi connectivity index (χ4n) is 1.16. The van der Waals surface area contributed by atoms with Crippen LogP contribution in [0.25, 0.3) is 0 Å². The molecule has 1 aliphatic rings. The first kappa shape index (κ1) is 7.25. The molecule has 0 spiro atoms. The Balaban J connectivity index is 2.39. The van der Waals surface area contributed by atoms with E-state index in [0.717, 1.165) is 12.8 Å². The van der Waals surface area contributed by atoms with Crippen molar-refractivity contribution in [3.05, 3.63) is 0 Å². The van der Waals surface area contributed by atoms with E-state index < -0.39 is 6.10 Å². The Labute approximate surface area is 59.4 Å². The number of ether oxygens (including phenoxy) is 1. The molecule has 0 aromatic carbocycles. The van der Waals surface area contributed by atoms with Gasteiger partial charge in [0.25, 0.3) is 6.47 Å². The minimum absolute atomic E-state index is 0.0679. The Morgan fingerprint density at radius 1 is 1.50 bits per heavy atom. The summed E-state index contributed by atoms with van der Waals surface area (Å²) in [6.07, 6.45) is 2.77. The molecular formula is C7H10O3. The van der Waals surface area contributed by atoms with Crippen molar-refractivity contribution in [3.8, 4) is 0 Å². The van der Waals surface area contributed by atoms with Gasteiger partial charge >= 0.3 is 0 Å². The molecule has 10 heavy (non-hydrogen) atoms. The van der Waals surface area contributed by atoms with Crippen molar-refractivity contribution in [2.24, 2.45) is 0 Å². The average Bonchev–Trinajstić information content (AvgIpc) is 1.94. The van der Waals surface area contributed by atoms with Gasteiger partial charge in [-0.3, -0.25) is 9.59 Å². The second-order valence-corrected chi connectivity index (χ2v) is 2.43. The molecular weight excluding hydrogens is 132 g/mol. The normalized spacial score (nSPS) is 26.0. The van der Waals surface area contributed by atoms with Crippen LogP contribution in [-0.4, -0.2) is 18.4 Å². The molecule has 0 aromatic rings. The second-order valence-electron chi connectivity index (χ2n) is 2.43. The number of Topliss-reactive ketones (excluding diaryl/α,β-unsaturated/α-hetero) is 1. The molecule has 1 atom stereocenters. The lowest BCUT2D eigenvalue weighted by molar-refractivity contribution is -0.145. The molecule has 0 saturated heterocycles. The third-order valence-corrected chi connectivity index (χ3v) is 1.72. The maximum atomic E-state index is 10.9. The SMILES string of the molecule is O=COC1CCCCC1=O. The van der Waals surface area contributed by atoms with Gasteiger partial charge in [0.1, 0.15) is 0 Å². The molecule has 0 aliphatic heterocycles. The van der Waals surface area contributed by atoms with E-state index in [-0.39, 0.29) is 5.78 Å². The highest BCUT2D eigenvalue weighted by molar-refractivity contribution is 5.84. The molecule has 0 aromatic heterocycles. The quantitative estimate of drug-likeness (QED) is 0.532. The van der Waals surface area contributed by atoms with Crippen LogP contribution in [0.3, 0.4) is 0 Å². The zero-order chi connectivity index (χ0) is 7.40. The Hall–Kier alpha value is -0.860. The summed E-state index contributed by atoms with van der Waals surface area (Å²) >= 11 is 0. The maximum Gasteiger partial charge on any atom is 0.293 e. The van der Waals surface area contributed by atoms with Gasteiger partial charge in [-0.15, -0.1) is 0 Å². The topological polar surface area (TPSA) is 43.4 Å². The minimum atomic E-state index is -0.439. The highest BCUT2D eigenvalue weighted by Gasteiger charge is 2.22. The molecule has 0 heterocycles. The van der Waals surface area contributed by atoms with Crippen LogP contribution >= 0.6 is 0 Å². The summed E-state index contributed by atoms with van der Waals surface area (Å²) in [5.41, 5.74) is 0. The van der Waals surface area contributed by atoms with Gasteiger partial charge in [-0.1, -0.05) is 0 Å². The van der Waals surface area contributed by atoms with Crippen LogP contribution in [0.1, 0.15) is 25.7 Å². The number of hydrogen-bond donors (Lipinski definition) is 0. The van der Waals surface area contributed by atoms with Crippen molar-refractivity contribution in [2.45, 2.75) is 31.8 Å². The number of carbonyl (C=O) groups excluding carboxylic acids is 2. The van der Waals surface area contributed by atoms with Crippen molar-refractivity contribution < 1.29 is 14.3 Å². The second kappa shape index (κ2) is 3.34. The Bertz CT molecular complexity index is 142. The number of carbonyl (C=O) groups is 2. The summed E-state index contributed by atoms with van der Waals surface area (Å²) in [6, 6.07) is 0. The molecule has 1 aliphatic carbocycles. The maximum absolute atomic E-state index is 10.9. The molecule has 1 rings (SSSR count). The van der Waals surface area contributed by atoms with Crippen molar-refractivity contribution in [1.82, 2.24) is 0 Å². The van der Waals surface area contributed by atoms with Gasteiger partial charge < -0.3 is 4.74 Å². The highest BCUT2D eigenvalue weighted by atomic mass is 16.5. The zero-order valence-electron chi connectivity index (χ0n) is 5.71. The number of ketones is 1. The van der Waals surface area contributed by atoms with Crippen molar-refractivity contribution in [3.63, 3.8) is 0 Å². The first-order valence-corrected chi connectivity index (χ1v) is 3.46. The van der Waals surface area contributed by atoms with Crippen LogP contribution in [0.5, 0.6) is 0 Å². The molecule has 3 heteroatoms.